The highest BCUT2D eigenvalue weighted by Gasteiger charge is 2.13. The van der Waals surface area contributed by atoms with Gasteiger partial charge in [-0.1, -0.05) is 39.0 Å². The number of H-pyrrole nitrogens is 1. The fourth-order valence-corrected chi connectivity index (χ4v) is 2.58. The maximum absolute atomic E-state index is 11.6. The van der Waals surface area contributed by atoms with Gasteiger partial charge >= 0.3 is 0 Å². The third kappa shape index (κ3) is 3.86. The molecule has 0 amide bonds. The monoisotopic (exact) mass is 249 g/mol. The van der Waals surface area contributed by atoms with Crippen LogP contribution >= 0.6 is 0 Å². The third-order valence-corrected chi connectivity index (χ3v) is 3.50. The van der Waals surface area contributed by atoms with Crippen LogP contribution in [0.15, 0.2) is 10.9 Å². The molecule has 4 nitrogen and oxygen atoms in total. The first-order chi connectivity index (χ1) is 8.78. The van der Waals surface area contributed by atoms with Crippen LogP contribution in [0.3, 0.4) is 0 Å². The molecule has 1 aliphatic rings. The molecule has 18 heavy (non-hydrogen) atoms. The molecule has 2 N–H and O–H groups in total. The van der Waals surface area contributed by atoms with Crippen molar-refractivity contribution in [3.63, 3.8) is 0 Å². The first-order valence-corrected chi connectivity index (χ1v) is 7.14. The summed E-state index contributed by atoms with van der Waals surface area (Å²) in [5.74, 6) is 0.651. The number of aromatic nitrogens is 2. The van der Waals surface area contributed by atoms with Crippen LogP contribution in [0.1, 0.15) is 57.6 Å². The van der Waals surface area contributed by atoms with E-state index in [-0.39, 0.29) is 5.56 Å². The van der Waals surface area contributed by atoms with Gasteiger partial charge in [-0.05, 0) is 19.3 Å². The van der Waals surface area contributed by atoms with E-state index in [2.05, 4.69) is 22.2 Å². The summed E-state index contributed by atoms with van der Waals surface area (Å²) >= 11 is 0. The van der Waals surface area contributed by atoms with E-state index in [0.717, 1.165) is 18.5 Å². The molecule has 0 radical (unpaired) electrons. The zero-order valence-corrected chi connectivity index (χ0v) is 11.2. The van der Waals surface area contributed by atoms with Crippen LogP contribution in [-0.2, 0) is 6.42 Å². The van der Waals surface area contributed by atoms with Crippen molar-refractivity contribution >= 4 is 5.95 Å². The van der Waals surface area contributed by atoms with Gasteiger partial charge in [0.25, 0.3) is 5.56 Å². The SMILES string of the molecule is CCCc1cc(=O)[nH]c(NC2CCCCCC2)n1. The topological polar surface area (TPSA) is 57.8 Å². The van der Waals surface area contributed by atoms with Gasteiger partial charge in [0.1, 0.15) is 0 Å². The lowest BCUT2D eigenvalue weighted by Gasteiger charge is -2.16. The van der Waals surface area contributed by atoms with Gasteiger partial charge in [-0.25, -0.2) is 4.98 Å². The Morgan fingerprint density at radius 3 is 2.72 bits per heavy atom. The summed E-state index contributed by atoms with van der Waals surface area (Å²) < 4.78 is 0. The smallest absolute Gasteiger partial charge is 0.252 e. The molecule has 1 aliphatic carbocycles. The molecule has 1 heterocycles. The second kappa shape index (κ2) is 6.57. The van der Waals surface area contributed by atoms with Gasteiger partial charge in [0, 0.05) is 17.8 Å². The summed E-state index contributed by atoms with van der Waals surface area (Å²) in [6, 6.07) is 2.06. The summed E-state index contributed by atoms with van der Waals surface area (Å²) in [4.78, 5) is 18.8. The Labute approximate surface area is 108 Å². The third-order valence-electron chi connectivity index (χ3n) is 3.50. The Hall–Kier alpha value is -1.32. The van der Waals surface area contributed by atoms with Crippen molar-refractivity contribution in [1.82, 2.24) is 9.97 Å². The fourth-order valence-electron chi connectivity index (χ4n) is 2.58. The summed E-state index contributed by atoms with van der Waals surface area (Å²) in [6.07, 6.45) is 9.45. The summed E-state index contributed by atoms with van der Waals surface area (Å²) in [6.45, 7) is 2.10. The van der Waals surface area contributed by atoms with Gasteiger partial charge in [0.2, 0.25) is 5.95 Å². The number of hydrogen-bond acceptors (Lipinski definition) is 3. The van der Waals surface area contributed by atoms with Gasteiger partial charge in [0.15, 0.2) is 0 Å². The summed E-state index contributed by atoms with van der Waals surface area (Å²) in [7, 11) is 0. The molecule has 100 valence electrons. The van der Waals surface area contributed by atoms with Crippen molar-refractivity contribution < 1.29 is 0 Å². The summed E-state index contributed by atoms with van der Waals surface area (Å²) in [5.41, 5.74) is 0.835. The Morgan fingerprint density at radius 2 is 2.06 bits per heavy atom. The highest BCUT2D eigenvalue weighted by molar-refractivity contribution is 5.26. The molecule has 4 heteroatoms. The minimum atomic E-state index is -0.0513. The van der Waals surface area contributed by atoms with E-state index in [1.807, 2.05) is 0 Å². The van der Waals surface area contributed by atoms with Crippen LogP contribution in [0.5, 0.6) is 0 Å². The normalized spacial score (nSPS) is 17.4. The average Bonchev–Trinajstić information content (AvgIpc) is 2.57. The highest BCUT2D eigenvalue weighted by atomic mass is 16.1. The number of aromatic amines is 1. The molecule has 1 saturated carbocycles. The summed E-state index contributed by atoms with van der Waals surface area (Å²) in [5, 5.41) is 3.39. The van der Waals surface area contributed by atoms with E-state index >= 15 is 0 Å². The van der Waals surface area contributed by atoms with Crippen molar-refractivity contribution in [2.24, 2.45) is 0 Å². The van der Waals surface area contributed by atoms with Crippen LogP contribution in [0.25, 0.3) is 0 Å². The zero-order chi connectivity index (χ0) is 12.8. The van der Waals surface area contributed by atoms with Gasteiger partial charge in [-0.15, -0.1) is 0 Å². The molecule has 1 aromatic rings. The zero-order valence-electron chi connectivity index (χ0n) is 11.2. The lowest BCUT2D eigenvalue weighted by molar-refractivity contribution is 0.613. The van der Waals surface area contributed by atoms with Gasteiger partial charge in [-0.3, -0.25) is 9.78 Å². The van der Waals surface area contributed by atoms with Crippen molar-refractivity contribution in [2.75, 3.05) is 5.32 Å². The molecule has 0 unspecified atom stereocenters. The van der Waals surface area contributed by atoms with Crippen molar-refractivity contribution in [2.45, 2.75) is 64.3 Å². The molecule has 1 aromatic heterocycles. The molecule has 0 bridgehead atoms. The van der Waals surface area contributed by atoms with E-state index in [4.69, 9.17) is 0 Å². The van der Waals surface area contributed by atoms with Gasteiger partial charge in [0.05, 0.1) is 0 Å². The fraction of sp³-hybridized carbons (Fsp3) is 0.714. The Morgan fingerprint density at radius 1 is 1.33 bits per heavy atom. The predicted molar refractivity (Wildman–Crippen MR) is 74.0 cm³/mol. The largest absolute Gasteiger partial charge is 0.353 e. The number of aryl methyl sites for hydroxylation is 1. The second-order valence-corrected chi connectivity index (χ2v) is 5.17. The van der Waals surface area contributed by atoms with Crippen LogP contribution in [0, 0.1) is 0 Å². The predicted octanol–water partition coefficient (Wildman–Crippen LogP) is 2.86. The molecule has 1 fully saturated rings. The number of nitrogens with zero attached hydrogens (tertiary/aromatic N) is 1. The molecule has 0 atom stereocenters. The van der Waals surface area contributed by atoms with Crippen LogP contribution < -0.4 is 10.9 Å². The molecule has 2 rings (SSSR count). The highest BCUT2D eigenvalue weighted by Crippen LogP contribution is 2.19. The lowest BCUT2D eigenvalue weighted by atomic mass is 10.1. The number of hydrogen-bond donors (Lipinski definition) is 2. The Balaban J connectivity index is 2.05. The number of rotatable bonds is 4. The lowest BCUT2D eigenvalue weighted by Crippen LogP contribution is -2.23. The minimum absolute atomic E-state index is 0.0513. The Bertz CT molecular complexity index is 419. The van der Waals surface area contributed by atoms with Gasteiger partial charge < -0.3 is 5.32 Å². The van der Waals surface area contributed by atoms with E-state index in [9.17, 15) is 4.79 Å². The van der Waals surface area contributed by atoms with Crippen LogP contribution in [0.2, 0.25) is 0 Å². The van der Waals surface area contributed by atoms with E-state index in [0.29, 0.717) is 12.0 Å². The first kappa shape index (κ1) is 13.1. The van der Waals surface area contributed by atoms with Crippen molar-refractivity contribution in [3.05, 3.63) is 22.1 Å². The number of anilines is 1. The van der Waals surface area contributed by atoms with E-state index in [1.165, 1.54) is 38.5 Å². The Kier molecular flexibility index (Phi) is 4.79. The van der Waals surface area contributed by atoms with Crippen LogP contribution in [-0.4, -0.2) is 16.0 Å². The maximum Gasteiger partial charge on any atom is 0.252 e. The standard InChI is InChI=1S/C14H23N3O/c1-2-7-12-10-13(18)17-14(16-12)15-11-8-5-3-4-6-9-11/h10-11H,2-9H2,1H3,(H2,15,16,17,18). The van der Waals surface area contributed by atoms with Crippen molar-refractivity contribution in [3.8, 4) is 0 Å². The first-order valence-electron chi connectivity index (χ1n) is 7.14. The molecule has 0 spiro atoms. The van der Waals surface area contributed by atoms with Crippen LogP contribution in [0.4, 0.5) is 5.95 Å². The molecule has 0 saturated heterocycles. The van der Waals surface area contributed by atoms with E-state index in [1.54, 1.807) is 6.07 Å². The molecule has 0 aromatic carbocycles. The molecular weight excluding hydrogens is 226 g/mol. The maximum atomic E-state index is 11.6. The van der Waals surface area contributed by atoms with Crippen molar-refractivity contribution in [1.29, 1.82) is 0 Å². The van der Waals surface area contributed by atoms with E-state index < -0.39 is 0 Å². The molecule has 0 aliphatic heterocycles. The average molecular weight is 249 g/mol. The number of nitrogens with one attached hydrogen (secondary N) is 2. The van der Waals surface area contributed by atoms with Gasteiger partial charge in [-0.2, -0.15) is 0 Å². The minimum Gasteiger partial charge on any atom is -0.353 e. The quantitative estimate of drug-likeness (QED) is 0.807. The molecular formula is C14H23N3O. The second-order valence-electron chi connectivity index (χ2n) is 5.17.